The van der Waals surface area contributed by atoms with E-state index in [1.807, 2.05) is 0 Å². The van der Waals surface area contributed by atoms with Gasteiger partial charge in [0.05, 0.1) is 0 Å². The van der Waals surface area contributed by atoms with Gasteiger partial charge in [0.25, 0.3) is 5.91 Å². The standard InChI is InChI=1S/C12H18N4O4/c1-20-8-11(18)15-4-6-16(7-5-15)12(19)9-2-3-10(17)14-13-9/h2-8H2,1H3,(H,14,17). The zero-order valence-corrected chi connectivity index (χ0v) is 11.4. The van der Waals surface area contributed by atoms with E-state index in [2.05, 4.69) is 10.5 Å². The number of methoxy groups -OCH3 is 1. The largest absolute Gasteiger partial charge is 0.375 e. The Morgan fingerprint density at radius 3 is 2.40 bits per heavy atom. The van der Waals surface area contributed by atoms with Crippen LogP contribution in [0.2, 0.25) is 0 Å². The molecule has 0 atom stereocenters. The second kappa shape index (κ2) is 6.47. The van der Waals surface area contributed by atoms with Crippen molar-refractivity contribution in [1.82, 2.24) is 15.2 Å². The average molecular weight is 282 g/mol. The van der Waals surface area contributed by atoms with Crippen LogP contribution >= 0.6 is 0 Å². The summed E-state index contributed by atoms with van der Waals surface area (Å²) in [7, 11) is 1.48. The van der Waals surface area contributed by atoms with Crippen LogP contribution in [0.15, 0.2) is 5.10 Å². The van der Waals surface area contributed by atoms with Crippen molar-refractivity contribution in [2.45, 2.75) is 12.8 Å². The Kier molecular flexibility index (Phi) is 4.67. The van der Waals surface area contributed by atoms with Crippen LogP contribution in [0.25, 0.3) is 0 Å². The molecule has 8 heteroatoms. The first-order valence-corrected chi connectivity index (χ1v) is 6.53. The highest BCUT2D eigenvalue weighted by Crippen LogP contribution is 2.07. The van der Waals surface area contributed by atoms with Gasteiger partial charge in [-0.05, 0) is 0 Å². The van der Waals surface area contributed by atoms with Crippen LogP contribution in [0.3, 0.4) is 0 Å². The normalized spacial score (nSPS) is 19.4. The Labute approximate surface area is 116 Å². The average Bonchev–Trinajstić information content (AvgIpc) is 2.48. The summed E-state index contributed by atoms with van der Waals surface area (Å²) in [6.07, 6.45) is 0.657. The first-order valence-electron chi connectivity index (χ1n) is 6.53. The highest BCUT2D eigenvalue weighted by atomic mass is 16.5. The Bertz CT molecular complexity index is 441. The summed E-state index contributed by atoms with van der Waals surface area (Å²) >= 11 is 0. The summed E-state index contributed by atoms with van der Waals surface area (Å²) in [5.41, 5.74) is 2.69. The van der Waals surface area contributed by atoms with E-state index in [0.29, 0.717) is 38.3 Å². The molecule has 1 N–H and O–H groups in total. The predicted molar refractivity (Wildman–Crippen MR) is 69.8 cm³/mol. The Hall–Kier alpha value is -1.96. The SMILES string of the molecule is COCC(=O)N1CCN(C(=O)C2=NNC(=O)CC2)CC1. The summed E-state index contributed by atoms with van der Waals surface area (Å²) in [5.74, 6) is -0.401. The van der Waals surface area contributed by atoms with E-state index in [0.717, 1.165) is 0 Å². The van der Waals surface area contributed by atoms with Crippen LogP contribution in [0.4, 0.5) is 0 Å². The van der Waals surface area contributed by atoms with E-state index in [4.69, 9.17) is 4.74 Å². The first-order chi connectivity index (χ1) is 9.61. The Morgan fingerprint density at radius 1 is 1.20 bits per heavy atom. The second-order valence-corrected chi connectivity index (χ2v) is 4.70. The lowest BCUT2D eigenvalue weighted by molar-refractivity contribution is -0.139. The molecule has 2 rings (SSSR count). The van der Waals surface area contributed by atoms with Crippen molar-refractivity contribution in [3.63, 3.8) is 0 Å². The van der Waals surface area contributed by atoms with Crippen LogP contribution < -0.4 is 5.43 Å². The third-order valence-corrected chi connectivity index (χ3v) is 3.34. The molecular weight excluding hydrogens is 264 g/mol. The fourth-order valence-electron chi connectivity index (χ4n) is 2.18. The second-order valence-electron chi connectivity index (χ2n) is 4.70. The molecule has 20 heavy (non-hydrogen) atoms. The number of carbonyl (C=O) groups excluding carboxylic acids is 3. The molecule has 0 unspecified atom stereocenters. The van der Waals surface area contributed by atoms with Gasteiger partial charge in [-0.2, -0.15) is 5.10 Å². The number of rotatable bonds is 3. The quantitative estimate of drug-likeness (QED) is 0.687. The number of amides is 3. The summed E-state index contributed by atoms with van der Waals surface area (Å²) in [6, 6.07) is 0. The molecule has 0 aromatic carbocycles. The van der Waals surface area contributed by atoms with E-state index in [9.17, 15) is 14.4 Å². The van der Waals surface area contributed by atoms with Crippen molar-refractivity contribution in [2.24, 2.45) is 5.10 Å². The number of ether oxygens (including phenoxy) is 1. The van der Waals surface area contributed by atoms with E-state index in [-0.39, 0.29) is 30.7 Å². The van der Waals surface area contributed by atoms with Crippen molar-refractivity contribution in [1.29, 1.82) is 0 Å². The van der Waals surface area contributed by atoms with Crippen LogP contribution in [0.1, 0.15) is 12.8 Å². The van der Waals surface area contributed by atoms with Crippen molar-refractivity contribution in [3.8, 4) is 0 Å². The number of hydrazone groups is 1. The maximum atomic E-state index is 12.2. The van der Waals surface area contributed by atoms with Crippen molar-refractivity contribution in [2.75, 3.05) is 39.9 Å². The van der Waals surface area contributed by atoms with Crippen molar-refractivity contribution >= 4 is 23.4 Å². The Morgan fingerprint density at radius 2 is 1.85 bits per heavy atom. The molecular formula is C12H18N4O4. The van der Waals surface area contributed by atoms with Gasteiger partial charge in [-0.3, -0.25) is 14.4 Å². The molecule has 110 valence electrons. The fraction of sp³-hybridized carbons (Fsp3) is 0.667. The number of piperazine rings is 1. The van der Waals surface area contributed by atoms with Gasteiger partial charge in [-0.25, -0.2) is 5.43 Å². The van der Waals surface area contributed by atoms with Gasteiger partial charge in [0.15, 0.2) is 0 Å². The number of nitrogens with one attached hydrogen (secondary N) is 1. The highest BCUT2D eigenvalue weighted by molar-refractivity contribution is 6.39. The smallest absolute Gasteiger partial charge is 0.270 e. The summed E-state index contributed by atoms with van der Waals surface area (Å²) < 4.78 is 4.81. The van der Waals surface area contributed by atoms with Crippen molar-refractivity contribution < 1.29 is 19.1 Å². The molecule has 0 spiro atoms. The lowest BCUT2D eigenvalue weighted by atomic mass is 10.1. The molecule has 0 bridgehead atoms. The van der Waals surface area contributed by atoms with Gasteiger partial charge in [0, 0.05) is 46.1 Å². The maximum Gasteiger partial charge on any atom is 0.270 e. The van der Waals surface area contributed by atoms with Gasteiger partial charge in [-0.1, -0.05) is 0 Å². The van der Waals surface area contributed by atoms with Gasteiger partial charge < -0.3 is 14.5 Å². The first kappa shape index (κ1) is 14.4. The van der Waals surface area contributed by atoms with E-state index < -0.39 is 0 Å². The molecule has 2 aliphatic rings. The van der Waals surface area contributed by atoms with Crippen molar-refractivity contribution in [3.05, 3.63) is 0 Å². The number of hydrogen-bond acceptors (Lipinski definition) is 5. The lowest BCUT2D eigenvalue weighted by Gasteiger charge is -2.35. The molecule has 2 heterocycles. The van der Waals surface area contributed by atoms with Gasteiger partial charge >= 0.3 is 0 Å². The maximum absolute atomic E-state index is 12.2. The monoisotopic (exact) mass is 282 g/mol. The van der Waals surface area contributed by atoms with Gasteiger partial charge in [-0.15, -0.1) is 0 Å². The summed E-state index contributed by atoms with van der Waals surface area (Å²) in [6.45, 7) is 2.00. The van der Waals surface area contributed by atoms with E-state index in [1.165, 1.54) is 7.11 Å². The minimum absolute atomic E-state index is 0.0622. The molecule has 8 nitrogen and oxygen atoms in total. The number of carbonyl (C=O) groups is 3. The molecule has 2 aliphatic heterocycles. The molecule has 3 amide bonds. The van der Waals surface area contributed by atoms with E-state index in [1.54, 1.807) is 9.80 Å². The molecule has 0 saturated carbocycles. The number of hydrogen-bond donors (Lipinski definition) is 1. The predicted octanol–water partition coefficient (Wildman–Crippen LogP) is -1.43. The summed E-state index contributed by atoms with van der Waals surface area (Å²) in [4.78, 5) is 38.1. The molecule has 1 saturated heterocycles. The third kappa shape index (κ3) is 3.32. The topological polar surface area (TPSA) is 91.3 Å². The minimum atomic E-state index is -0.170. The molecule has 0 aromatic heterocycles. The van der Waals surface area contributed by atoms with Gasteiger partial charge in [0.2, 0.25) is 11.8 Å². The van der Waals surface area contributed by atoms with Crippen LogP contribution in [-0.2, 0) is 19.1 Å². The lowest BCUT2D eigenvalue weighted by Crippen LogP contribution is -2.53. The number of nitrogens with zero attached hydrogens (tertiary/aromatic N) is 3. The van der Waals surface area contributed by atoms with Gasteiger partial charge in [0.1, 0.15) is 12.3 Å². The molecule has 1 fully saturated rings. The zero-order chi connectivity index (χ0) is 14.5. The van der Waals surface area contributed by atoms with Crippen LogP contribution in [0.5, 0.6) is 0 Å². The Balaban J connectivity index is 1.86. The van der Waals surface area contributed by atoms with Crippen LogP contribution in [-0.4, -0.2) is 73.1 Å². The minimum Gasteiger partial charge on any atom is -0.375 e. The summed E-state index contributed by atoms with van der Waals surface area (Å²) in [5, 5.41) is 3.79. The highest BCUT2D eigenvalue weighted by Gasteiger charge is 2.28. The van der Waals surface area contributed by atoms with E-state index >= 15 is 0 Å². The molecule has 0 aliphatic carbocycles. The molecule has 0 radical (unpaired) electrons. The zero-order valence-electron chi connectivity index (χ0n) is 11.4. The fourth-order valence-corrected chi connectivity index (χ4v) is 2.18. The third-order valence-electron chi connectivity index (χ3n) is 3.34. The van der Waals surface area contributed by atoms with Crippen LogP contribution in [0, 0.1) is 0 Å². The molecule has 0 aromatic rings.